The summed E-state index contributed by atoms with van der Waals surface area (Å²) in [6, 6.07) is 0. The largest absolute Gasteiger partial charge is 0.469 e. The van der Waals surface area contributed by atoms with E-state index in [0.29, 0.717) is 0 Å². The van der Waals surface area contributed by atoms with Crippen molar-refractivity contribution in [2.24, 2.45) is 59.2 Å². The van der Waals surface area contributed by atoms with Crippen LogP contribution in [-0.2, 0) is 81.0 Å². The Bertz CT molecular complexity index is 1700. The van der Waals surface area contributed by atoms with Crippen LogP contribution in [0.25, 0.3) is 0 Å². The van der Waals surface area contributed by atoms with Crippen LogP contribution >= 0.6 is 0 Å². The molecule has 0 aromatic rings. The predicted octanol–water partition coefficient (Wildman–Crippen LogP) is 1.02. The smallest absolute Gasteiger partial charge is 0.373 e. The summed E-state index contributed by atoms with van der Waals surface area (Å²) in [7, 11) is 4.04. The first-order valence-electron chi connectivity index (χ1n) is 17.8. The van der Waals surface area contributed by atoms with Gasteiger partial charge in [-0.15, -0.1) is 13.2 Å². The maximum atomic E-state index is 12.1. The molecular formula is C39H42O17. The lowest BCUT2D eigenvalue weighted by Crippen LogP contribution is -2.34. The first-order chi connectivity index (χ1) is 26.8. The van der Waals surface area contributed by atoms with Gasteiger partial charge in [0.2, 0.25) is 0 Å². The second-order valence-electron chi connectivity index (χ2n) is 14.1. The van der Waals surface area contributed by atoms with Gasteiger partial charge in [-0.2, -0.15) is 9.59 Å². The molecule has 16 unspecified atom stereocenters. The molecule has 6 fully saturated rings. The van der Waals surface area contributed by atoms with Crippen molar-refractivity contribution in [3.8, 4) is 0 Å². The fourth-order valence-electron chi connectivity index (χ4n) is 8.80. The highest BCUT2D eigenvalue weighted by atomic mass is 16.6. The van der Waals surface area contributed by atoms with E-state index in [4.69, 9.17) is 42.7 Å². The lowest BCUT2D eigenvalue weighted by Gasteiger charge is -2.23. The van der Waals surface area contributed by atoms with E-state index in [2.05, 4.69) is 17.9 Å². The van der Waals surface area contributed by atoms with Gasteiger partial charge in [0.15, 0.2) is 0 Å². The number of carbonyl (C=O) groups is 7. The van der Waals surface area contributed by atoms with E-state index in [9.17, 15) is 33.6 Å². The Morgan fingerprint density at radius 3 is 1.45 bits per heavy atom. The summed E-state index contributed by atoms with van der Waals surface area (Å²) < 4.78 is 40.6. The van der Waals surface area contributed by atoms with Crippen molar-refractivity contribution in [1.29, 1.82) is 0 Å². The van der Waals surface area contributed by atoms with Crippen LogP contribution in [0.15, 0.2) is 61.8 Å². The van der Waals surface area contributed by atoms with E-state index in [1.807, 2.05) is 31.2 Å². The van der Waals surface area contributed by atoms with E-state index in [1.165, 1.54) is 27.4 Å². The molecule has 0 radical (unpaired) electrons. The molecule has 4 bridgehead atoms. The van der Waals surface area contributed by atoms with Crippen LogP contribution < -0.4 is 0 Å². The second kappa shape index (κ2) is 17.6. The summed E-state index contributed by atoms with van der Waals surface area (Å²) in [5.74, 6) is -6.18. The first kappa shape index (κ1) is 41.8. The monoisotopic (exact) mass is 782 g/mol. The van der Waals surface area contributed by atoms with Gasteiger partial charge < -0.3 is 37.9 Å². The molecule has 1 saturated carbocycles. The quantitative estimate of drug-likeness (QED) is 0.152. The summed E-state index contributed by atoms with van der Waals surface area (Å²) in [4.78, 5) is 97.6. The summed E-state index contributed by atoms with van der Waals surface area (Å²) in [5, 5.41) is 0. The highest BCUT2D eigenvalue weighted by molar-refractivity contribution is 5.99. The molecule has 0 aromatic heterocycles. The standard InChI is InChI=1S/C19H22O7.C11H14O4.C8H6O4.CO2/c1-5-10-9(3)14(17(20)23-4)12(24-10)7-8-13-16-15(11(6-2)25-13)18(21)26-19(16)22;1-14-10(12)8-6-3-4-7(5-6)9(8)11(13)15-2;9-7-5-3-1-2-4(11-3)6(5)8(10)12-7;2-1-3/h5-16H,1-2H2,3-4H3;3-4,6-9H,5H2,1-2H3;1-6H;/b8-7-;;;. The van der Waals surface area contributed by atoms with Gasteiger partial charge in [0.05, 0.1) is 75.7 Å². The van der Waals surface area contributed by atoms with Crippen LogP contribution in [0.1, 0.15) is 13.3 Å². The lowest BCUT2D eigenvalue weighted by atomic mass is 9.83. The number of rotatable bonds is 7. The molecule has 0 aromatic carbocycles. The Morgan fingerprint density at radius 2 is 1.00 bits per heavy atom. The second-order valence-corrected chi connectivity index (χ2v) is 14.1. The summed E-state index contributed by atoms with van der Waals surface area (Å²) in [5.41, 5.74) is 0. The van der Waals surface area contributed by atoms with Gasteiger partial charge in [0, 0.05) is 5.92 Å². The SMILES string of the molecule is C=CC1OC(/C=C\C2OC(C=C)C3C(=O)OC(=O)C23)C(C(=O)OC)C1C.COC(=O)C1C2C=CC(C2)C1C(=O)OC.O=C1OC(=O)C2C3C=CC(O3)C12.O=C=O. The fourth-order valence-corrected chi connectivity index (χ4v) is 8.80. The Kier molecular flexibility index (Phi) is 13.2. The van der Waals surface area contributed by atoms with Gasteiger partial charge in [-0.3, -0.25) is 33.6 Å². The summed E-state index contributed by atoms with van der Waals surface area (Å²) >= 11 is 0. The topological polar surface area (TPSA) is 227 Å². The summed E-state index contributed by atoms with van der Waals surface area (Å²) in [6.45, 7) is 9.27. The third-order valence-corrected chi connectivity index (χ3v) is 11.4. The number of carbonyl (C=O) groups excluding carboxylic acids is 9. The molecule has 6 aliphatic heterocycles. The zero-order chi connectivity index (χ0) is 41.0. The van der Waals surface area contributed by atoms with E-state index < -0.39 is 59.9 Å². The number of fused-ring (bicyclic) bond motifs is 8. The van der Waals surface area contributed by atoms with Gasteiger partial charge in [0.25, 0.3) is 0 Å². The molecular weight excluding hydrogens is 740 g/mol. The predicted molar refractivity (Wildman–Crippen MR) is 182 cm³/mol. The maximum Gasteiger partial charge on any atom is 0.373 e. The number of hydrogen-bond acceptors (Lipinski definition) is 17. The van der Waals surface area contributed by atoms with Gasteiger partial charge in [-0.1, -0.05) is 55.5 Å². The molecule has 6 heterocycles. The minimum Gasteiger partial charge on any atom is -0.469 e. The summed E-state index contributed by atoms with van der Waals surface area (Å²) in [6.07, 6.45) is 12.7. The van der Waals surface area contributed by atoms with Crippen molar-refractivity contribution in [3.05, 3.63) is 61.8 Å². The highest BCUT2D eigenvalue weighted by Gasteiger charge is 2.60. The molecule has 8 aliphatic rings. The molecule has 2 aliphatic carbocycles. The van der Waals surface area contributed by atoms with Gasteiger partial charge >= 0.3 is 47.9 Å². The maximum absolute atomic E-state index is 12.1. The number of allylic oxidation sites excluding steroid dienone is 2. The van der Waals surface area contributed by atoms with E-state index in [-0.39, 0.29) is 83.8 Å². The molecule has 17 heteroatoms. The zero-order valence-electron chi connectivity index (χ0n) is 30.9. The van der Waals surface area contributed by atoms with Crippen LogP contribution in [-0.4, -0.2) is 106 Å². The van der Waals surface area contributed by atoms with Crippen molar-refractivity contribution < 1.29 is 81.0 Å². The fraction of sp³-hybridized carbons (Fsp3) is 0.538. The minimum atomic E-state index is -0.715. The average molecular weight is 783 g/mol. The number of esters is 7. The Labute approximate surface area is 320 Å². The van der Waals surface area contributed by atoms with Crippen molar-refractivity contribution in [2.75, 3.05) is 21.3 Å². The number of methoxy groups -OCH3 is 3. The molecule has 5 saturated heterocycles. The van der Waals surface area contributed by atoms with E-state index in [1.54, 1.807) is 18.2 Å². The average Bonchev–Trinajstić information content (AvgIpc) is 4.06. The van der Waals surface area contributed by atoms with Crippen molar-refractivity contribution in [1.82, 2.24) is 0 Å². The van der Waals surface area contributed by atoms with Crippen molar-refractivity contribution in [2.45, 2.75) is 50.0 Å². The Balaban J connectivity index is 0.000000168. The molecule has 300 valence electrons. The third kappa shape index (κ3) is 7.72. The number of hydrogen-bond donors (Lipinski definition) is 0. The van der Waals surface area contributed by atoms with Gasteiger partial charge in [0.1, 0.15) is 23.7 Å². The van der Waals surface area contributed by atoms with E-state index >= 15 is 0 Å². The number of ether oxygens (including phenoxy) is 8. The zero-order valence-corrected chi connectivity index (χ0v) is 30.9. The normalized spacial score (nSPS) is 39.8. The lowest BCUT2D eigenvalue weighted by molar-refractivity contribution is -0.192. The molecule has 0 N–H and O–H groups in total. The van der Waals surface area contributed by atoms with Crippen molar-refractivity contribution >= 4 is 47.9 Å². The van der Waals surface area contributed by atoms with E-state index in [0.717, 1.165) is 6.42 Å². The Morgan fingerprint density at radius 1 is 0.607 bits per heavy atom. The molecule has 17 nitrogen and oxygen atoms in total. The third-order valence-electron chi connectivity index (χ3n) is 11.4. The van der Waals surface area contributed by atoms with Crippen LogP contribution in [0.3, 0.4) is 0 Å². The van der Waals surface area contributed by atoms with Crippen LogP contribution in [0.4, 0.5) is 0 Å². The molecule has 0 spiro atoms. The molecule has 16 atom stereocenters. The number of cyclic esters (lactones) is 4. The van der Waals surface area contributed by atoms with Crippen LogP contribution in [0.2, 0.25) is 0 Å². The molecule has 0 amide bonds. The van der Waals surface area contributed by atoms with Crippen LogP contribution in [0, 0.1) is 59.2 Å². The minimum absolute atomic E-state index is 0.106. The first-order valence-corrected chi connectivity index (χ1v) is 17.8. The molecule has 56 heavy (non-hydrogen) atoms. The highest BCUT2D eigenvalue weighted by Crippen LogP contribution is 2.49. The van der Waals surface area contributed by atoms with Crippen molar-refractivity contribution in [3.63, 3.8) is 0 Å². The Hall–Kier alpha value is -5.35. The van der Waals surface area contributed by atoms with Gasteiger partial charge in [-0.25, -0.2) is 0 Å². The van der Waals surface area contributed by atoms with Crippen LogP contribution in [0.5, 0.6) is 0 Å². The van der Waals surface area contributed by atoms with Gasteiger partial charge in [-0.05, 0) is 18.3 Å². The molecule has 8 rings (SSSR count).